The summed E-state index contributed by atoms with van der Waals surface area (Å²) >= 11 is 0. The van der Waals surface area contributed by atoms with Crippen LogP contribution in [-0.2, 0) is 6.54 Å². The molecule has 0 radical (unpaired) electrons. The predicted molar refractivity (Wildman–Crippen MR) is 117 cm³/mol. The van der Waals surface area contributed by atoms with E-state index in [0.29, 0.717) is 6.54 Å². The quantitative estimate of drug-likeness (QED) is 0.644. The van der Waals surface area contributed by atoms with Gasteiger partial charge in [-0.1, -0.05) is 6.92 Å². The molecule has 1 aliphatic rings. The average molecular weight is 409 g/mol. The number of phenols is 1. The molecule has 30 heavy (non-hydrogen) atoms. The molecular formula is C22H27N5O3. The smallest absolute Gasteiger partial charge is 0.350 e. The topological polar surface area (TPSA) is 86.8 Å². The van der Waals surface area contributed by atoms with Crippen molar-refractivity contribution in [1.82, 2.24) is 14.3 Å². The monoisotopic (exact) mass is 409 g/mol. The lowest BCUT2D eigenvalue weighted by Gasteiger charge is -2.37. The van der Waals surface area contributed by atoms with Crippen LogP contribution < -0.4 is 15.5 Å². The highest BCUT2D eigenvalue weighted by molar-refractivity contribution is 5.54. The van der Waals surface area contributed by atoms with Gasteiger partial charge in [-0.2, -0.15) is 5.10 Å². The van der Waals surface area contributed by atoms with E-state index in [-0.39, 0.29) is 24.0 Å². The second kappa shape index (κ2) is 8.62. The number of benzene rings is 2. The van der Waals surface area contributed by atoms with Crippen LogP contribution >= 0.6 is 0 Å². The van der Waals surface area contributed by atoms with Crippen LogP contribution in [0.2, 0.25) is 0 Å². The summed E-state index contributed by atoms with van der Waals surface area (Å²) in [5, 5.41) is 22.8. The van der Waals surface area contributed by atoms with E-state index in [9.17, 15) is 15.0 Å². The molecule has 2 heterocycles. The van der Waals surface area contributed by atoms with Gasteiger partial charge in [0.25, 0.3) is 0 Å². The number of hydrogen-bond donors (Lipinski definition) is 2. The molecule has 1 atom stereocenters. The summed E-state index contributed by atoms with van der Waals surface area (Å²) in [6.45, 7) is 5.90. The van der Waals surface area contributed by atoms with E-state index in [1.807, 2.05) is 43.3 Å². The molecule has 1 aromatic heterocycles. The van der Waals surface area contributed by atoms with Crippen LogP contribution in [0.5, 0.6) is 5.75 Å². The van der Waals surface area contributed by atoms with Gasteiger partial charge >= 0.3 is 5.69 Å². The van der Waals surface area contributed by atoms with Crippen LogP contribution in [0.15, 0.2) is 59.7 Å². The Morgan fingerprint density at radius 2 is 1.40 bits per heavy atom. The van der Waals surface area contributed by atoms with Crippen molar-refractivity contribution in [3.8, 4) is 11.4 Å². The number of hydrogen-bond acceptors (Lipinski definition) is 6. The van der Waals surface area contributed by atoms with Crippen molar-refractivity contribution in [2.75, 3.05) is 42.6 Å². The molecule has 2 aromatic carbocycles. The van der Waals surface area contributed by atoms with Crippen LogP contribution in [-0.4, -0.2) is 57.3 Å². The number of anilines is 2. The zero-order valence-electron chi connectivity index (χ0n) is 17.1. The van der Waals surface area contributed by atoms with E-state index in [4.69, 9.17) is 0 Å². The maximum atomic E-state index is 12.5. The first-order valence-corrected chi connectivity index (χ1v) is 10.2. The van der Waals surface area contributed by atoms with Gasteiger partial charge in [0.1, 0.15) is 12.1 Å². The molecule has 2 N–H and O–H groups in total. The zero-order chi connectivity index (χ0) is 21.1. The van der Waals surface area contributed by atoms with Gasteiger partial charge in [-0.05, 0) is 54.4 Å². The molecule has 158 valence electrons. The minimum atomic E-state index is -0.203. The number of aromatic hydroxyl groups is 1. The maximum absolute atomic E-state index is 12.5. The summed E-state index contributed by atoms with van der Waals surface area (Å²) in [5.74, 6) is 0.263. The van der Waals surface area contributed by atoms with Crippen molar-refractivity contribution in [1.29, 1.82) is 0 Å². The van der Waals surface area contributed by atoms with Gasteiger partial charge < -0.3 is 20.0 Å². The highest BCUT2D eigenvalue weighted by atomic mass is 16.3. The van der Waals surface area contributed by atoms with E-state index in [2.05, 4.69) is 14.9 Å². The second-order valence-corrected chi connectivity index (χ2v) is 7.76. The normalized spacial score (nSPS) is 15.4. The van der Waals surface area contributed by atoms with E-state index >= 15 is 0 Å². The second-order valence-electron chi connectivity index (χ2n) is 7.76. The number of aliphatic hydroxyl groups excluding tert-OH is 1. The Morgan fingerprint density at radius 1 is 0.900 bits per heavy atom. The summed E-state index contributed by atoms with van der Waals surface area (Å²) in [6, 6.07) is 15.3. The molecule has 4 rings (SSSR count). The van der Waals surface area contributed by atoms with Gasteiger partial charge in [-0.25, -0.2) is 14.0 Å². The van der Waals surface area contributed by atoms with Crippen molar-refractivity contribution < 1.29 is 10.2 Å². The predicted octanol–water partition coefficient (Wildman–Crippen LogP) is 1.69. The Balaban J connectivity index is 1.41. The fourth-order valence-corrected chi connectivity index (χ4v) is 3.70. The summed E-state index contributed by atoms with van der Waals surface area (Å²) in [6.07, 6.45) is 1.53. The third kappa shape index (κ3) is 4.18. The van der Waals surface area contributed by atoms with E-state index in [1.54, 1.807) is 12.1 Å². The van der Waals surface area contributed by atoms with E-state index in [0.717, 1.165) is 43.2 Å². The third-order valence-corrected chi connectivity index (χ3v) is 5.52. The molecule has 0 saturated carbocycles. The number of piperazine rings is 1. The lowest BCUT2D eigenvalue weighted by Crippen LogP contribution is -2.46. The third-order valence-electron chi connectivity index (χ3n) is 5.52. The molecule has 0 unspecified atom stereocenters. The summed E-state index contributed by atoms with van der Waals surface area (Å²) in [5.41, 5.74) is 2.81. The van der Waals surface area contributed by atoms with Crippen LogP contribution in [0.4, 0.5) is 11.4 Å². The lowest BCUT2D eigenvalue weighted by molar-refractivity contribution is 0.217. The van der Waals surface area contributed by atoms with Gasteiger partial charge in [-0.15, -0.1) is 0 Å². The fourth-order valence-electron chi connectivity index (χ4n) is 3.70. The number of aromatic nitrogens is 3. The largest absolute Gasteiger partial charge is 0.508 e. The molecule has 0 bridgehead atoms. The van der Waals surface area contributed by atoms with E-state index in [1.165, 1.54) is 15.6 Å². The number of aliphatic hydroxyl groups is 1. The maximum Gasteiger partial charge on any atom is 0.350 e. The van der Waals surface area contributed by atoms with Crippen LogP contribution in [0.25, 0.3) is 5.69 Å². The highest BCUT2D eigenvalue weighted by Gasteiger charge is 2.18. The highest BCUT2D eigenvalue weighted by Crippen LogP contribution is 2.23. The average Bonchev–Trinajstić information content (AvgIpc) is 3.14. The molecule has 1 fully saturated rings. The van der Waals surface area contributed by atoms with E-state index < -0.39 is 0 Å². The molecule has 8 nitrogen and oxygen atoms in total. The number of rotatable bonds is 6. The number of nitrogens with zero attached hydrogens (tertiary/aromatic N) is 5. The van der Waals surface area contributed by atoms with Gasteiger partial charge in [0, 0.05) is 44.2 Å². The summed E-state index contributed by atoms with van der Waals surface area (Å²) in [7, 11) is 0. The lowest BCUT2D eigenvalue weighted by atomic mass is 10.2. The van der Waals surface area contributed by atoms with Crippen molar-refractivity contribution in [2.24, 2.45) is 5.92 Å². The van der Waals surface area contributed by atoms with Crippen molar-refractivity contribution >= 4 is 11.4 Å². The Morgan fingerprint density at radius 3 is 1.93 bits per heavy atom. The summed E-state index contributed by atoms with van der Waals surface area (Å²) < 4.78 is 2.91. The van der Waals surface area contributed by atoms with Crippen LogP contribution in [0, 0.1) is 5.92 Å². The molecule has 8 heteroatoms. The van der Waals surface area contributed by atoms with Crippen LogP contribution in [0.3, 0.4) is 0 Å². The Labute approximate surface area is 175 Å². The van der Waals surface area contributed by atoms with Gasteiger partial charge in [0.2, 0.25) is 0 Å². The minimum absolute atomic E-state index is 0.0198. The van der Waals surface area contributed by atoms with Crippen molar-refractivity contribution in [2.45, 2.75) is 13.5 Å². The molecule has 3 aromatic rings. The summed E-state index contributed by atoms with van der Waals surface area (Å²) in [4.78, 5) is 17.2. The van der Waals surface area contributed by atoms with Crippen LogP contribution in [0.1, 0.15) is 6.92 Å². The first kappa shape index (κ1) is 20.0. The SMILES string of the molecule is C[C@@H](CO)Cn1ncn(-c2ccc(N3CCN(c4ccc(O)cc4)CC3)cc2)c1=O. The fraction of sp³-hybridized carbons (Fsp3) is 0.364. The van der Waals surface area contributed by atoms with Crippen molar-refractivity contribution in [3.05, 3.63) is 65.3 Å². The van der Waals surface area contributed by atoms with Gasteiger partial charge in [0.15, 0.2) is 0 Å². The standard InChI is InChI=1S/C22H27N5O3/c1-17(15-28)14-27-22(30)26(16-23-27)20-4-2-18(3-5-20)24-10-12-25(13-11-24)19-6-8-21(29)9-7-19/h2-9,16-17,28-29H,10-15H2,1H3/t17-/m1/s1. The molecular weight excluding hydrogens is 382 g/mol. The Bertz CT molecular complexity index is 1020. The Kier molecular flexibility index (Phi) is 5.76. The first-order chi connectivity index (χ1) is 14.5. The van der Waals surface area contributed by atoms with Gasteiger partial charge in [0.05, 0.1) is 12.2 Å². The molecule has 0 spiro atoms. The van der Waals surface area contributed by atoms with Gasteiger partial charge in [-0.3, -0.25) is 0 Å². The Hall–Kier alpha value is -3.26. The first-order valence-electron chi connectivity index (χ1n) is 10.2. The number of phenolic OH excluding ortho intramolecular Hbond substituents is 1. The minimum Gasteiger partial charge on any atom is -0.508 e. The molecule has 0 amide bonds. The van der Waals surface area contributed by atoms with Crippen molar-refractivity contribution in [3.63, 3.8) is 0 Å². The molecule has 1 aliphatic heterocycles. The molecule has 0 aliphatic carbocycles. The zero-order valence-corrected chi connectivity index (χ0v) is 17.1. The molecule has 1 saturated heterocycles.